The standard InChI is InChI=1S/C13H19N3O/c1-9(14)6-12(16(2)3)10-4-5-11-13(7-10)17-8-15-11/h4-5,7-9,12H,6,14H2,1-3H3. The number of benzene rings is 1. The van der Waals surface area contributed by atoms with Crippen molar-refractivity contribution in [3.63, 3.8) is 0 Å². The Morgan fingerprint density at radius 3 is 2.82 bits per heavy atom. The van der Waals surface area contributed by atoms with Crippen molar-refractivity contribution in [2.24, 2.45) is 5.73 Å². The van der Waals surface area contributed by atoms with Crippen LogP contribution in [0.15, 0.2) is 29.0 Å². The minimum absolute atomic E-state index is 0.174. The fourth-order valence-corrected chi connectivity index (χ4v) is 2.08. The molecule has 0 fully saturated rings. The van der Waals surface area contributed by atoms with Crippen LogP contribution in [0, 0.1) is 0 Å². The van der Waals surface area contributed by atoms with Crippen LogP contribution in [0.5, 0.6) is 0 Å². The lowest BCUT2D eigenvalue weighted by Gasteiger charge is -2.26. The van der Waals surface area contributed by atoms with E-state index in [1.165, 1.54) is 12.0 Å². The average molecular weight is 233 g/mol. The van der Waals surface area contributed by atoms with Crippen molar-refractivity contribution in [1.82, 2.24) is 9.88 Å². The molecule has 92 valence electrons. The molecule has 2 rings (SSSR count). The highest BCUT2D eigenvalue weighted by molar-refractivity contribution is 5.72. The predicted molar refractivity (Wildman–Crippen MR) is 68.7 cm³/mol. The summed E-state index contributed by atoms with van der Waals surface area (Å²) in [5, 5.41) is 0. The molecule has 0 radical (unpaired) electrons. The van der Waals surface area contributed by atoms with Gasteiger partial charge in [-0.05, 0) is 45.1 Å². The molecule has 0 saturated carbocycles. The van der Waals surface area contributed by atoms with Crippen LogP contribution in [0.2, 0.25) is 0 Å². The van der Waals surface area contributed by atoms with Crippen LogP contribution in [0.25, 0.3) is 11.1 Å². The highest BCUT2D eigenvalue weighted by atomic mass is 16.3. The fraction of sp³-hybridized carbons (Fsp3) is 0.462. The molecule has 4 heteroatoms. The van der Waals surface area contributed by atoms with Gasteiger partial charge in [0.15, 0.2) is 12.0 Å². The molecule has 2 N–H and O–H groups in total. The second-order valence-electron chi connectivity index (χ2n) is 4.77. The number of aromatic nitrogens is 1. The van der Waals surface area contributed by atoms with Gasteiger partial charge in [0, 0.05) is 12.1 Å². The van der Waals surface area contributed by atoms with Gasteiger partial charge in [-0.3, -0.25) is 0 Å². The lowest BCUT2D eigenvalue weighted by molar-refractivity contribution is 0.272. The normalized spacial score (nSPS) is 15.4. The Kier molecular flexibility index (Phi) is 3.45. The first-order valence-electron chi connectivity index (χ1n) is 5.83. The Morgan fingerprint density at radius 1 is 1.41 bits per heavy atom. The third-order valence-electron chi connectivity index (χ3n) is 2.96. The molecule has 1 heterocycles. The molecule has 0 aliphatic rings. The summed E-state index contributed by atoms with van der Waals surface area (Å²) in [4.78, 5) is 6.30. The summed E-state index contributed by atoms with van der Waals surface area (Å²) < 4.78 is 5.33. The molecule has 0 bridgehead atoms. The first kappa shape index (κ1) is 12.1. The van der Waals surface area contributed by atoms with Crippen LogP contribution in [0.4, 0.5) is 0 Å². The van der Waals surface area contributed by atoms with Crippen LogP contribution >= 0.6 is 0 Å². The monoisotopic (exact) mass is 233 g/mol. The highest BCUT2D eigenvalue weighted by Gasteiger charge is 2.16. The number of nitrogens with zero attached hydrogens (tertiary/aromatic N) is 2. The maximum absolute atomic E-state index is 5.90. The van der Waals surface area contributed by atoms with Gasteiger partial charge in [0.25, 0.3) is 0 Å². The summed E-state index contributed by atoms with van der Waals surface area (Å²) >= 11 is 0. The summed E-state index contributed by atoms with van der Waals surface area (Å²) in [6.07, 6.45) is 2.40. The third-order valence-corrected chi connectivity index (χ3v) is 2.96. The smallest absolute Gasteiger partial charge is 0.181 e. The zero-order chi connectivity index (χ0) is 12.4. The molecule has 1 aromatic carbocycles. The van der Waals surface area contributed by atoms with E-state index in [0.29, 0.717) is 6.04 Å². The molecule has 17 heavy (non-hydrogen) atoms. The van der Waals surface area contributed by atoms with Crippen LogP contribution in [-0.4, -0.2) is 30.0 Å². The Hall–Kier alpha value is -1.39. The van der Waals surface area contributed by atoms with E-state index in [1.54, 1.807) is 0 Å². The minimum Gasteiger partial charge on any atom is -0.443 e. The average Bonchev–Trinajstić information content (AvgIpc) is 2.72. The van der Waals surface area contributed by atoms with E-state index in [2.05, 4.69) is 36.1 Å². The molecule has 0 aliphatic heterocycles. The number of rotatable bonds is 4. The van der Waals surface area contributed by atoms with Gasteiger partial charge in [-0.15, -0.1) is 0 Å². The van der Waals surface area contributed by atoms with E-state index in [4.69, 9.17) is 10.2 Å². The largest absolute Gasteiger partial charge is 0.443 e. The van der Waals surface area contributed by atoms with E-state index in [-0.39, 0.29) is 6.04 Å². The maximum atomic E-state index is 5.90. The second-order valence-corrected chi connectivity index (χ2v) is 4.77. The van der Waals surface area contributed by atoms with E-state index in [0.717, 1.165) is 17.5 Å². The van der Waals surface area contributed by atoms with Crippen molar-refractivity contribution < 1.29 is 4.42 Å². The van der Waals surface area contributed by atoms with Crippen LogP contribution < -0.4 is 5.73 Å². The molecule has 0 aliphatic carbocycles. The van der Waals surface area contributed by atoms with E-state index in [1.807, 2.05) is 13.0 Å². The SMILES string of the molecule is CC(N)CC(c1ccc2ncoc2c1)N(C)C. The zero-order valence-corrected chi connectivity index (χ0v) is 10.6. The van der Waals surface area contributed by atoms with Crippen molar-refractivity contribution in [3.05, 3.63) is 30.2 Å². The Balaban J connectivity index is 2.33. The van der Waals surface area contributed by atoms with Gasteiger partial charge in [-0.2, -0.15) is 0 Å². The molecule has 0 spiro atoms. The summed E-state index contributed by atoms with van der Waals surface area (Å²) in [6, 6.07) is 6.62. The molecule has 4 nitrogen and oxygen atoms in total. The van der Waals surface area contributed by atoms with Crippen molar-refractivity contribution in [3.8, 4) is 0 Å². The number of hydrogen-bond donors (Lipinski definition) is 1. The molecule has 0 amide bonds. The molecular weight excluding hydrogens is 214 g/mol. The second kappa shape index (κ2) is 4.85. The number of fused-ring (bicyclic) bond motifs is 1. The van der Waals surface area contributed by atoms with Gasteiger partial charge < -0.3 is 15.1 Å². The molecule has 1 aromatic heterocycles. The molecule has 0 saturated heterocycles. The zero-order valence-electron chi connectivity index (χ0n) is 10.6. The quantitative estimate of drug-likeness (QED) is 0.879. The summed E-state index contributed by atoms with van der Waals surface area (Å²) in [7, 11) is 4.13. The van der Waals surface area contributed by atoms with Crippen molar-refractivity contribution in [2.75, 3.05) is 14.1 Å². The van der Waals surface area contributed by atoms with E-state index < -0.39 is 0 Å². The third kappa shape index (κ3) is 2.65. The number of hydrogen-bond acceptors (Lipinski definition) is 4. The first-order chi connectivity index (χ1) is 8.08. The molecule has 2 aromatic rings. The van der Waals surface area contributed by atoms with Gasteiger partial charge in [0.05, 0.1) is 0 Å². The van der Waals surface area contributed by atoms with Crippen LogP contribution in [0.3, 0.4) is 0 Å². The van der Waals surface area contributed by atoms with E-state index in [9.17, 15) is 0 Å². The maximum Gasteiger partial charge on any atom is 0.181 e. The summed E-state index contributed by atoms with van der Waals surface area (Å²) in [6.45, 7) is 2.03. The number of oxazole rings is 1. The fourth-order valence-electron chi connectivity index (χ4n) is 2.08. The first-order valence-corrected chi connectivity index (χ1v) is 5.83. The molecule has 2 unspecified atom stereocenters. The Morgan fingerprint density at radius 2 is 2.18 bits per heavy atom. The topological polar surface area (TPSA) is 55.3 Å². The predicted octanol–water partition coefficient (Wildman–Crippen LogP) is 2.17. The van der Waals surface area contributed by atoms with E-state index >= 15 is 0 Å². The van der Waals surface area contributed by atoms with Crippen LogP contribution in [0.1, 0.15) is 24.9 Å². The molecular formula is C13H19N3O. The van der Waals surface area contributed by atoms with Gasteiger partial charge in [-0.1, -0.05) is 6.07 Å². The lowest BCUT2D eigenvalue weighted by Crippen LogP contribution is -2.27. The lowest BCUT2D eigenvalue weighted by atomic mass is 9.99. The number of nitrogens with two attached hydrogens (primary N) is 1. The highest BCUT2D eigenvalue weighted by Crippen LogP contribution is 2.26. The van der Waals surface area contributed by atoms with Gasteiger partial charge in [0.1, 0.15) is 5.52 Å². The van der Waals surface area contributed by atoms with Crippen LogP contribution in [-0.2, 0) is 0 Å². The van der Waals surface area contributed by atoms with Crippen molar-refractivity contribution >= 4 is 11.1 Å². The Labute approximate surface area is 101 Å². The van der Waals surface area contributed by atoms with Crippen molar-refractivity contribution in [2.45, 2.75) is 25.4 Å². The summed E-state index contributed by atoms with van der Waals surface area (Å²) in [5.41, 5.74) is 8.85. The van der Waals surface area contributed by atoms with Gasteiger partial charge in [0.2, 0.25) is 0 Å². The van der Waals surface area contributed by atoms with Gasteiger partial charge >= 0.3 is 0 Å². The molecule has 2 atom stereocenters. The van der Waals surface area contributed by atoms with Gasteiger partial charge in [-0.25, -0.2) is 4.98 Å². The Bertz CT molecular complexity index is 490. The van der Waals surface area contributed by atoms with Crippen molar-refractivity contribution in [1.29, 1.82) is 0 Å². The minimum atomic E-state index is 0.174. The summed E-state index contributed by atoms with van der Waals surface area (Å²) in [5.74, 6) is 0.